The number of hydrogen-bond acceptors (Lipinski definition) is 1. The topological polar surface area (TPSA) is 12.4 Å². The highest BCUT2D eigenvalue weighted by Crippen LogP contribution is 2.09. The van der Waals surface area contributed by atoms with Crippen molar-refractivity contribution in [1.82, 2.24) is 0 Å². The van der Waals surface area contributed by atoms with Crippen molar-refractivity contribution in [3.8, 4) is 0 Å². The zero-order valence-electron chi connectivity index (χ0n) is 5.33. The van der Waals surface area contributed by atoms with Crippen molar-refractivity contribution in [2.45, 2.75) is 19.9 Å². The Labute approximate surface area is 50.1 Å². The van der Waals surface area contributed by atoms with Crippen molar-refractivity contribution in [3.63, 3.8) is 0 Å². The monoisotopic (exact) mass is 109 g/mol. The minimum Gasteiger partial charge on any atom is -0.285 e. The van der Waals surface area contributed by atoms with E-state index in [2.05, 4.69) is 24.9 Å². The molecule has 1 nitrogen and oxygen atoms in total. The Morgan fingerprint density at radius 2 is 2.25 bits per heavy atom. The van der Waals surface area contributed by atoms with Crippen molar-refractivity contribution in [1.29, 1.82) is 0 Å². The summed E-state index contributed by atoms with van der Waals surface area (Å²) in [5.41, 5.74) is 0. The second-order valence-corrected chi connectivity index (χ2v) is 2.42. The van der Waals surface area contributed by atoms with E-state index in [1.54, 1.807) is 0 Å². The standard InChI is InChI=1S/C7H11N/c1-6(2)7-4-3-5-8-7/h3-7H,1-2H3. The van der Waals surface area contributed by atoms with Gasteiger partial charge in [0.05, 0.1) is 6.04 Å². The fourth-order valence-corrected chi connectivity index (χ4v) is 0.757. The average Bonchev–Trinajstić information content (AvgIpc) is 2.12. The molecular weight excluding hydrogens is 98.1 g/mol. The van der Waals surface area contributed by atoms with Crippen LogP contribution >= 0.6 is 0 Å². The average molecular weight is 109 g/mol. The van der Waals surface area contributed by atoms with Crippen LogP contribution < -0.4 is 0 Å². The van der Waals surface area contributed by atoms with Crippen LogP contribution in [0.3, 0.4) is 0 Å². The molecule has 1 aliphatic heterocycles. The van der Waals surface area contributed by atoms with Crippen molar-refractivity contribution in [2.75, 3.05) is 0 Å². The first kappa shape index (κ1) is 5.54. The molecule has 1 rings (SSSR count). The van der Waals surface area contributed by atoms with E-state index in [-0.39, 0.29) is 0 Å². The summed E-state index contributed by atoms with van der Waals surface area (Å²) in [5.74, 6) is 0.657. The molecule has 0 aromatic heterocycles. The highest BCUT2D eigenvalue weighted by atomic mass is 14.8. The Kier molecular flexibility index (Phi) is 1.47. The zero-order chi connectivity index (χ0) is 5.98. The van der Waals surface area contributed by atoms with Crippen molar-refractivity contribution >= 4 is 6.21 Å². The van der Waals surface area contributed by atoms with Crippen LogP contribution in [0, 0.1) is 5.92 Å². The van der Waals surface area contributed by atoms with Gasteiger partial charge in [-0.25, -0.2) is 0 Å². The van der Waals surface area contributed by atoms with Gasteiger partial charge in [0.15, 0.2) is 0 Å². The Morgan fingerprint density at radius 1 is 1.50 bits per heavy atom. The molecule has 1 atom stereocenters. The molecule has 1 heteroatoms. The smallest absolute Gasteiger partial charge is 0.0706 e. The summed E-state index contributed by atoms with van der Waals surface area (Å²) in [6, 6.07) is 0.454. The fraction of sp³-hybridized carbons (Fsp3) is 0.571. The molecule has 0 aliphatic carbocycles. The first-order chi connectivity index (χ1) is 3.80. The summed E-state index contributed by atoms with van der Waals surface area (Å²) >= 11 is 0. The lowest BCUT2D eigenvalue weighted by atomic mass is 10.1. The van der Waals surface area contributed by atoms with E-state index in [1.807, 2.05) is 12.3 Å². The van der Waals surface area contributed by atoms with Crippen LogP contribution in [0.1, 0.15) is 13.8 Å². The summed E-state index contributed by atoms with van der Waals surface area (Å²) in [7, 11) is 0. The van der Waals surface area contributed by atoms with Gasteiger partial charge in [-0.3, -0.25) is 4.99 Å². The van der Waals surface area contributed by atoms with Crippen LogP contribution in [0.5, 0.6) is 0 Å². The summed E-state index contributed by atoms with van der Waals surface area (Å²) in [6.07, 6.45) is 6.00. The molecule has 0 N–H and O–H groups in total. The third-order valence-corrected chi connectivity index (χ3v) is 1.34. The molecule has 0 bridgehead atoms. The van der Waals surface area contributed by atoms with E-state index in [9.17, 15) is 0 Å². The van der Waals surface area contributed by atoms with Gasteiger partial charge in [0.25, 0.3) is 0 Å². The number of nitrogens with zero attached hydrogens (tertiary/aromatic N) is 1. The second-order valence-electron chi connectivity index (χ2n) is 2.42. The number of aliphatic imine (C=N–C) groups is 1. The lowest BCUT2D eigenvalue weighted by Gasteiger charge is -2.06. The van der Waals surface area contributed by atoms with Gasteiger partial charge in [-0.15, -0.1) is 0 Å². The quantitative estimate of drug-likeness (QED) is 0.485. The molecule has 0 saturated heterocycles. The van der Waals surface area contributed by atoms with Crippen LogP contribution in [-0.2, 0) is 0 Å². The van der Waals surface area contributed by atoms with Crippen LogP contribution in [0.25, 0.3) is 0 Å². The Bertz CT molecular complexity index is 110. The number of hydrogen-bond donors (Lipinski definition) is 0. The largest absolute Gasteiger partial charge is 0.285 e. The Hall–Kier alpha value is -0.590. The van der Waals surface area contributed by atoms with Crippen molar-refractivity contribution in [3.05, 3.63) is 12.2 Å². The lowest BCUT2D eigenvalue weighted by molar-refractivity contribution is 0.580. The van der Waals surface area contributed by atoms with Crippen LogP contribution in [0.2, 0.25) is 0 Å². The predicted molar refractivity (Wildman–Crippen MR) is 36.3 cm³/mol. The molecule has 0 amide bonds. The molecule has 0 fully saturated rings. The van der Waals surface area contributed by atoms with Crippen LogP contribution in [0.4, 0.5) is 0 Å². The Balaban J connectivity index is 2.49. The molecular formula is C7H11N. The first-order valence-electron chi connectivity index (χ1n) is 3.00. The summed E-state index contributed by atoms with van der Waals surface area (Å²) in [6.45, 7) is 4.36. The minimum atomic E-state index is 0.454. The maximum absolute atomic E-state index is 4.20. The van der Waals surface area contributed by atoms with Crippen LogP contribution in [0.15, 0.2) is 17.1 Å². The van der Waals surface area contributed by atoms with Crippen molar-refractivity contribution in [2.24, 2.45) is 10.9 Å². The van der Waals surface area contributed by atoms with Gasteiger partial charge in [-0.05, 0) is 12.0 Å². The second kappa shape index (κ2) is 2.12. The molecule has 0 spiro atoms. The van der Waals surface area contributed by atoms with E-state index >= 15 is 0 Å². The number of allylic oxidation sites excluding steroid dienone is 1. The zero-order valence-corrected chi connectivity index (χ0v) is 5.33. The highest BCUT2D eigenvalue weighted by Gasteiger charge is 2.07. The van der Waals surface area contributed by atoms with Gasteiger partial charge >= 0.3 is 0 Å². The fourth-order valence-electron chi connectivity index (χ4n) is 0.757. The molecule has 0 saturated carbocycles. The normalized spacial score (nSPS) is 25.6. The third-order valence-electron chi connectivity index (χ3n) is 1.34. The molecule has 44 valence electrons. The highest BCUT2D eigenvalue weighted by molar-refractivity contribution is 5.74. The molecule has 0 aromatic rings. The molecule has 0 radical (unpaired) electrons. The van der Waals surface area contributed by atoms with Gasteiger partial charge in [-0.1, -0.05) is 19.9 Å². The number of rotatable bonds is 1. The van der Waals surface area contributed by atoms with Gasteiger partial charge < -0.3 is 0 Å². The van der Waals surface area contributed by atoms with E-state index in [1.165, 1.54) is 0 Å². The Morgan fingerprint density at radius 3 is 2.50 bits per heavy atom. The first-order valence-corrected chi connectivity index (χ1v) is 3.00. The molecule has 1 unspecified atom stereocenters. The van der Waals surface area contributed by atoms with Crippen LogP contribution in [-0.4, -0.2) is 12.3 Å². The summed E-state index contributed by atoms with van der Waals surface area (Å²) in [5, 5.41) is 0. The third kappa shape index (κ3) is 0.971. The van der Waals surface area contributed by atoms with E-state index in [4.69, 9.17) is 0 Å². The molecule has 8 heavy (non-hydrogen) atoms. The van der Waals surface area contributed by atoms with E-state index < -0.39 is 0 Å². The molecule has 0 aromatic carbocycles. The lowest BCUT2D eigenvalue weighted by Crippen LogP contribution is -2.05. The molecule has 1 aliphatic rings. The van der Waals surface area contributed by atoms with Gasteiger partial charge in [0, 0.05) is 6.21 Å². The molecule has 1 heterocycles. The summed E-state index contributed by atoms with van der Waals surface area (Å²) in [4.78, 5) is 4.20. The van der Waals surface area contributed by atoms with Gasteiger partial charge in [-0.2, -0.15) is 0 Å². The van der Waals surface area contributed by atoms with E-state index in [0.29, 0.717) is 12.0 Å². The maximum atomic E-state index is 4.20. The van der Waals surface area contributed by atoms with E-state index in [0.717, 1.165) is 0 Å². The maximum Gasteiger partial charge on any atom is 0.0706 e. The minimum absolute atomic E-state index is 0.454. The predicted octanol–water partition coefficient (Wildman–Crippen LogP) is 1.65. The van der Waals surface area contributed by atoms with Gasteiger partial charge in [0.2, 0.25) is 0 Å². The van der Waals surface area contributed by atoms with Crippen molar-refractivity contribution < 1.29 is 0 Å². The summed E-state index contributed by atoms with van der Waals surface area (Å²) < 4.78 is 0. The SMILES string of the molecule is CC(C)C1C=CC=N1. The van der Waals surface area contributed by atoms with Gasteiger partial charge in [0.1, 0.15) is 0 Å².